The Bertz CT molecular complexity index is 340. The van der Waals surface area contributed by atoms with Gasteiger partial charge in [0, 0.05) is 12.5 Å². The number of ether oxygens (including phenoxy) is 4. The number of hydrogen-bond acceptors (Lipinski definition) is 4. The predicted octanol–water partition coefficient (Wildman–Crippen LogP) is 2.65. The molecular formula is C15H24O4. The van der Waals surface area contributed by atoms with Crippen LogP contribution in [0.4, 0.5) is 0 Å². The van der Waals surface area contributed by atoms with Crippen LogP contribution in [0.2, 0.25) is 0 Å². The van der Waals surface area contributed by atoms with Crippen LogP contribution in [0, 0.1) is 5.41 Å². The molecule has 0 amide bonds. The SMILES string of the molecule is C=CCC1(CC=C)[C@@H](COC)O[C@@H]2OC(C)(C)O[C@@H]21. The van der Waals surface area contributed by atoms with Crippen LogP contribution in [0.3, 0.4) is 0 Å². The van der Waals surface area contributed by atoms with Gasteiger partial charge in [-0.1, -0.05) is 12.2 Å². The summed E-state index contributed by atoms with van der Waals surface area (Å²) < 4.78 is 23.2. The maximum absolute atomic E-state index is 6.07. The molecule has 0 N–H and O–H groups in total. The van der Waals surface area contributed by atoms with Gasteiger partial charge in [0.05, 0.1) is 12.7 Å². The van der Waals surface area contributed by atoms with E-state index in [1.807, 2.05) is 26.0 Å². The van der Waals surface area contributed by atoms with E-state index < -0.39 is 5.79 Å². The van der Waals surface area contributed by atoms with Crippen molar-refractivity contribution in [2.75, 3.05) is 13.7 Å². The lowest BCUT2D eigenvalue weighted by Crippen LogP contribution is -2.43. The lowest BCUT2D eigenvalue weighted by Gasteiger charge is -2.36. The van der Waals surface area contributed by atoms with E-state index in [0.29, 0.717) is 6.61 Å². The number of hydrogen-bond donors (Lipinski definition) is 0. The van der Waals surface area contributed by atoms with Gasteiger partial charge in [-0.15, -0.1) is 13.2 Å². The Hall–Kier alpha value is -0.680. The summed E-state index contributed by atoms with van der Waals surface area (Å²) in [7, 11) is 1.68. The third-order valence-corrected chi connectivity index (χ3v) is 3.93. The molecule has 0 spiro atoms. The standard InChI is InChI=1S/C15H24O4/c1-6-8-15(9-7-2)11(10-16-5)17-13-12(15)18-14(3,4)19-13/h6-7,11-13H,1-2,8-10H2,3-5H3/t11-,12+,13-/m1/s1. The summed E-state index contributed by atoms with van der Waals surface area (Å²) in [6.45, 7) is 12.1. The second kappa shape index (κ2) is 5.37. The van der Waals surface area contributed by atoms with Crippen LogP contribution in [-0.2, 0) is 18.9 Å². The molecule has 4 nitrogen and oxygen atoms in total. The van der Waals surface area contributed by atoms with E-state index in [-0.39, 0.29) is 23.9 Å². The van der Waals surface area contributed by atoms with Crippen molar-refractivity contribution in [3.8, 4) is 0 Å². The predicted molar refractivity (Wildman–Crippen MR) is 72.6 cm³/mol. The third kappa shape index (κ3) is 2.50. The Morgan fingerprint density at radius 3 is 2.32 bits per heavy atom. The van der Waals surface area contributed by atoms with E-state index in [1.165, 1.54) is 0 Å². The van der Waals surface area contributed by atoms with Crippen molar-refractivity contribution in [3.05, 3.63) is 25.3 Å². The summed E-state index contributed by atoms with van der Waals surface area (Å²) in [5.74, 6) is -0.610. The summed E-state index contributed by atoms with van der Waals surface area (Å²) in [4.78, 5) is 0. The number of allylic oxidation sites excluding steroid dienone is 2. The first-order valence-electron chi connectivity index (χ1n) is 6.71. The maximum Gasteiger partial charge on any atom is 0.188 e. The molecule has 0 aliphatic carbocycles. The van der Waals surface area contributed by atoms with Crippen molar-refractivity contribution in [2.24, 2.45) is 5.41 Å². The zero-order valence-corrected chi connectivity index (χ0v) is 12.1. The Kier molecular flexibility index (Phi) is 4.16. The van der Waals surface area contributed by atoms with E-state index in [0.717, 1.165) is 12.8 Å². The highest BCUT2D eigenvalue weighted by Crippen LogP contribution is 2.52. The van der Waals surface area contributed by atoms with Crippen LogP contribution in [0.25, 0.3) is 0 Å². The smallest absolute Gasteiger partial charge is 0.188 e. The average molecular weight is 268 g/mol. The fourth-order valence-electron chi connectivity index (χ4n) is 3.17. The first kappa shape index (κ1) is 14.7. The van der Waals surface area contributed by atoms with Crippen LogP contribution < -0.4 is 0 Å². The molecule has 2 heterocycles. The van der Waals surface area contributed by atoms with E-state index in [1.54, 1.807) is 7.11 Å². The summed E-state index contributed by atoms with van der Waals surface area (Å²) in [5.41, 5.74) is -0.210. The van der Waals surface area contributed by atoms with Gasteiger partial charge in [0.1, 0.15) is 6.10 Å². The highest BCUT2D eigenvalue weighted by molar-refractivity contribution is 5.08. The first-order valence-corrected chi connectivity index (χ1v) is 6.71. The van der Waals surface area contributed by atoms with Crippen LogP contribution in [-0.4, -0.2) is 38.0 Å². The van der Waals surface area contributed by atoms with Gasteiger partial charge in [0.2, 0.25) is 0 Å². The molecule has 0 bridgehead atoms. The van der Waals surface area contributed by atoms with Gasteiger partial charge in [0.25, 0.3) is 0 Å². The zero-order chi connectivity index (χ0) is 14.1. The largest absolute Gasteiger partial charge is 0.382 e. The molecular weight excluding hydrogens is 244 g/mol. The van der Waals surface area contributed by atoms with Gasteiger partial charge in [-0.2, -0.15) is 0 Å². The van der Waals surface area contributed by atoms with Crippen molar-refractivity contribution < 1.29 is 18.9 Å². The number of fused-ring (bicyclic) bond motifs is 1. The van der Waals surface area contributed by atoms with E-state index in [9.17, 15) is 0 Å². The van der Waals surface area contributed by atoms with Crippen LogP contribution in [0.15, 0.2) is 25.3 Å². The first-order chi connectivity index (χ1) is 8.99. The Morgan fingerprint density at radius 1 is 1.16 bits per heavy atom. The molecule has 3 atom stereocenters. The molecule has 2 saturated heterocycles. The topological polar surface area (TPSA) is 36.9 Å². The highest BCUT2D eigenvalue weighted by Gasteiger charge is 2.62. The van der Waals surface area contributed by atoms with Gasteiger partial charge in [-0.05, 0) is 26.7 Å². The number of rotatable bonds is 6. The Balaban J connectivity index is 2.31. The Morgan fingerprint density at radius 2 is 1.79 bits per heavy atom. The van der Waals surface area contributed by atoms with Gasteiger partial charge < -0.3 is 18.9 Å². The van der Waals surface area contributed by atoms with Gasteiger partial charge in [0.15, 0.2) is 12.1 Å². The van der Waals surface area contributed by atoms with E-state index >= 15 is 0 Å². The van der Waals surface area contributed by atoms with Crippen molar-refractivity contribution in [2.45, 2.75) is 51.0 Å². The van der Waals surface area contributed by atoms with Gasteiger partial charge >= 0.3 is 0 Å². The molecule has 0 aromatic heterocycles. The molecule has 0 aromatic carbocycles. The van der Waals surface area contributed by atoms with Crippen molar-refractivity contribution >= 4 is 0 Å². The summed E-state index contributed by atoms with van der Waals surface area (Å²) in [6.07, 6.45) is 4.87. The maximum atomic E-state index is 6.07. The molecule has 2 aliphatic rings. The molecule has 2 aliphatic heterocycles. The molecule has 2 fully saturated rings. The monoisotopic (exact) mass is 268 g/mol. The zero-order valence-electron chi connectivity index (χ0n) is 12.1. The minimum atomic E-state index is -0.610. The molecule has 0 saturated carbocycles. The highest BCUT2D eigenvalue weighted by atomic mass is 16.8. The van der Waals surface area contributed by atoms with Crippen molar-refractivity contribution in [1.29, 1.82) is 0 Å². The van der Waals surface area contributed by atoms with E-state index in [2.05, 4.69) is 13.2 Å². The second-order valence-corrected chi connectivity index (χ2v) is 5.72. The lowest BCUT2D eigenvalue weighted by molar-refractivity contribution is -0.223. The summed E-state index contributed by atoms with van der Waals surface area (Å²) >= 11 is 0. The molecule has 0 aromatic rings. The van der Waals surface area contributed by atoms with Crippen LogP contribution in [0.5, 0.6) is 0 Å². The molecule has 0 radical (unpaired) electrons. The van der Waals surface area contributed by atoms with Gasteiger partial charge in [-0.25, -0.2) is 0 Å². The molecule has 108 valence electrons. The summed E-state index contributed by atoms with van der Waals surface area (Å²) in [6, 6.07) is 0. The normalized spacial score (nSPS) is 35.0. The summed E-state index contributed by atoms with van der Waals surface area (Å²) in [5, 5.41) is 0. The lowest BCUT2D eigenvalue weighted by atomic mass is 9.73. The molecule has 2 rings (SSSR count). The fraction of sp³-hybridized carbons (Fsp3) is 0.733. The second-order valence-electron chi connectivity index (χ2n) is 5.72. The minimum absolute atomic E-state index is 0.0698. The van der Waals surface area contributed by atoms with Crippen LogP contribution >= 0.6 is 0 Å². The quantitative estimate of drug-likeness (QED) is 0.694. The third-order valence-electron chi connectivity index (χ3n) is 3.93. The average Bonchev–Trinajstić information content (AvgIpc) is 2.75. The van der Waals surface area contributed by atoms with Crippen LogP contribution in [0.1, 0.15) is 26.7 Å². The molecule has 19 heavy (non-hydrogen) atoms. The minimum Gasteiger partial charge on any atom is -0.382 e. The van der Waals surface area contributed by atoms with Gasteiger partial charge in [-0.3, -0.25) is 0 Å². The number of methoxy groups -OCH3 is 1. The molecule has 0 unspecified atom stereocenters. The fourth-order valence-corrected chi connectivity index (χ4v) is 3.17. The van der Waals surface area contributed by atoms with E-state index in [4.69, 9.17) is 18.9 Å². The van der Waals surface area contributed by atoms with Crippen molar-refractivity contribution in [3.63, 3.8) is 0 Å². The molecule has 4 heteroatoms. The Labute approximate surface area is 115 Å². The van der Waals surface area contributed by atoms with Crippen molar-refractivity contribution in [1.82, 2.24) is 0 Å².